The molecule has 0 bridgehead atoms. The number of hydrogen-bond donors (Lipinski definition) is 1. The quantitative estimate of drug-likeness (QED) is 0.877. The van der Waals surface area contributed by atoms with Gasteiger partial charge in [-0.3, -0.25) is 0 Å². The average molecular weight is 352 g/mol. The molecule has 1 aromatic heterocycles. The van der Waals surface area contributed by atoms with Gasteiger partial charge in [-0.05, 0) is 28.1 Å². The summed E-state index contributed by atoms with van der Waals surface area (Å²) in [6.07, 6.45) is -4.52. The third-order valence-electron chi connectivity index (χ3n) is 2.23. The lowest BCUT2D eigenvalue weighted by atomic mass is 10.1. The molecule has 0 spiro atoms. The van der Waals surface area contributed by atoms with Gasteiger partial charge in [-0.15, -0.1) is 11.3 Å². The summed E-state index contributed by atoms with van der Waals surface area (Å²) in [6, 6.07) is 5.49. The Hall–Kier alpha value is -1.41. The Kier molecular flexibility index (Phi) is 3.64. The molecule has 0 amide bonds. The Bertz CT molecular complexity index is 622. The molecule has 0 aliphatic heterocycles. The normalized spacial score (nSPS) is 11.6. The summed E-state index contributed by atoms with van der Waals surface area (Å²) in [4.78, 5) is 14.2. The van der Waals surface area contributed by atoms with Crippen LogP contribution >= 0.6 is 27.3 Å². The Morgan fingerprint density at radius 3 is 2.26 bits per heavy atom. The van der Waals surface area contributed by atoms with Crippen LogP contribution in [0.4, 0.5) is 13.2 Å². The van der Waals surface area contributed by atoms with Crippen LogP contribution in [0.25, 0.3) is 10.6 Å². The second-order valence-electron chi connectivity index (χ2n) is 3.52. The Balaban J connectivity index is 2.40. The van der Waals surface area contributed by atoms with Gasteiger partial charge in [-0.25, -0.2) is 9.78 Å². The monoisotopic (exact) mass is 351 g/mol. The summed E-state index contributed by atoms with van der Waals surface area (Å²) >= 11 is 3.68. The highest BCUT2D eigenvalue weighted by Gasteiger charge is 2.37. The van der Waals surface area contributed by atoms with E-state index in [2.05, 4.69) is 20.9 Å². The van der Waals surface area contributed by atoms with E-state index >= 15 is 0 Å². The number of thiazole rings is 1. The SMILES string of the molecule is O=C(O)c1ccc(-c2nc(C(F)(F)F)c(Br)s2)cc1. The van der Waals surface area contributed by atoms with E-state index in [4.69, 9.17) is 5.11 Å². The summed E-state index contributed by atoms with van der Waals surface area (Å²) in [6.45, 7) is 0. The standard InChI is InChI=1S/C11H5BrF3NO2S/c12-8-7(11(13,14)15)16-9(19-8)5-1-3-6(4-2-5)10(17)18/h1-4H,(H,17,18). The molecule has 0 saturated carbocycles. The van der Waals surface area contributed by atoms with Crippen LogP contribution in [0, 0.1) is 0 Å². The van der Waals surface area contributed by atoms with Gasteiger partial charge in [-0.1, -0.05) is 12.1 Å². The average Bonchev–Trinajstić information content (AvgIpc) is 2.71. The molecule has 2 rings (SSSR count). The highest BCUT2D eigenvalue weighted by Crippen LogP contribution is 2.40. The molecule has 1 aromatic carbocycles. The minimum Gasteiger partial charge on any atom is -0.478 e. The van der Waals surface area contributed by atoms with E-state index in [1.54, 1.807) is 0 Å². The predicted molar refractivity (Wildman–Crippen MR) is 67.2 cm³/mol. The van der Waals surface area contributed by atoms with Crippen LogP contribution in [0.2, 0.25) is 0 Å². The molecule has 1 N–H and O–H groups in total. The highest BCUT2D eigenvalue weighted by molar-refractivity contribution is 9.11. The summed E-state index contributed by atoms with van der Waals surface area (Å²) in [5.41, 5.74) is -0.476. The zero-order valence-electron chi connectivity index (χ0n) is 9.03. The fourth-order valence-electron chi connectivity index (χ4n) is 1.36. The van der Waals surface area contributed by atoms with Crippen LogP contribution in [0.5, 0.6) is 0 Å². The maximum atomic E-state index is 12.6. The maximum Gasteiger partial charge on any atom is 0.435 e. The van der Waals surface area contributed by atoms with Gasteiger partial charge in [0.15, 0.2) is 5.69 Å². The largest absolute Gasteiger partial charge is 0.478 e. The van der Waals surface area contributed by atoms with E-state index in [0.29, 0.717) is 5.56 Å². The van der Waals surface area contributed by atoms with Gasteiger partial charge < -0.3 is 5.11 Å². The minimum atomic E-state index is -4.52. The van der Waals surface area contributed by atoms with E-state index in [-0.39, 0.29) is 14.4 Å². The summed E-state index contributed by atoms with van der Waals surface area (Å²) in [5, 5.41) is 8.91. The molecule has 1 heterocycles. The fraction of sp³-hybridized carbons (Fsp3) is 0.0909. The van der Waals surface area contributed by atoms with Crippen molar-refractivity contribution in [1.29, 1.82) is 0 Å². The second-order valence-corrected chi connectivity index (χ2v) is 5.84. The van der Waals surface area contributed by atoms with Crippen molar-refractivity contribution < 1.29 is 23.1 Å². The fourth-order valence-corrected chi connectivity index (χ4v) is 2.95. The highest BCUT2D eigenvalue weighted by atomic mass is 79.9. The van der Waals surface area contributed by atoms with Gasteiger partial charge in [0.25, 0.3) is 0 Å². The lowest BCUT2D eigenvalue weighted by Gasteiger charge is -2.01. The van der Waals surface area contributed by atoms with Gasteiger partial charge in [0.2, 0.25) is 0 Å². The Morgan fingerprint density at radius 2 is 1.84 bits per heavy atom. The number of alkyl halides is 3. The van der Waals surface area contributed by atoms with Crippen molar-refractivity contribution in [3.05, 3.63) is 39.3 Å². The molecular formula is C11H5BrF3NO2S. The zero-order chi connectivity index (χ0) is 14.2. The summed E-state index contributed by atoms with van der Waals surface area (Å²) < 4.78 is 37.7. The van der Waals surface area contributed by atoms with Gasteiger partial charge >= 0.3 is 12.1 Å². The van der Waals surface area contributed by atoms with Crippen LogP contribution in [0.1, 0.15) is 16.1 Å². The predicted octanol–water partition coefficient (Wildman–Crippen LogP) is 4.29. The first-order valence-electron chi connectivity index (χ1n) is 4.86. The molecular weight excluding hydrogens is 347 g/mol. The van der Waals surface area contributed by atoms with Gasteiger partial charge in [0.05, 0.1) is 5.56 Å². The molecule has 8 heteroatoms. The smallest absolute Gasteiger partial charge is 0.435 e. The maximum absolute atomic E-state index is 12.6. The van der Waals surface area contributed by atoms with E-state index in [1.165, 1.54) is 24.3 Å². The number of carbonyl (C=O) groups is 1. The molecule has 0 aliphatic rings. The minimum absolute atomic E-state index is 0.0652. The molecule has 0 atom stereocenters. The van der Waals surface area contributed by atoms with Crippen molar-refractivity contribution in [2.24, 2.45) is 0 Å². The lowest BCUT2D eigenvalue weighted by molar-refractivity contribution is -0.141. The lowest BCUT2D eigenvalue weighted by Crippen LogP contribution is -2.06. The first-order valence-corrected chi connectivity index (χ1v) is 6.47. The van der Waals surface area contributed by atoms with Crippen molar-refractivity contribution in [3.8, 4) is 10.6 Å². The Labute approximate surface area is 117 Å². The number of rotatable bonds is 2. The number of hydrogen-bond acceptors (Lipinski definition) is 3. The van der Waals surface area contributed by atoms with Crippen molar-refractivity contribution in [1.82, 2.24) is 4.98 Å². The number of nitrogens with zero attached hydrogens (tertiary/aromatic N) is 1. The van der Waals surface area contributed by atoms with E-state index in [1.807, 2.05) is 0 Å². The molecule has 0 aliphatic carbocycles. The van der Waals surface area contributed by atoms with Crippen LogP contribution in [0.3, 0.4) is 0 Å². The second kappa shape index (κ2) is 4.93. The first-order chi connectivity index (χ1) is 8.79. The van der Waals surface area contributed by atoms with Crippen molar-refractivity contribution in [2.45, 2.75) is 6.18 Å². The van der Waals surface area contributed by atoms with Crippen LogP contribution in [0.15, 0.2) is 28.1 Å². The molecule has 3 nitrogen and oxygen atoms in total. The number of carboxylic acid groups (broad SMARTS) is 1. The number of aromatic carboxylic acids is 1. The number of halogens is 4. The van der Waals surface area contributed by atoms with Crippen LogP contribution < -0.4 is 0 Å². The Morgan fingerprint density at radius 1 is 1.26 bits per heavy atom. The summed E-state index contributed by atoms with van der Waals surface area (Å²) in [7, 11) is 0. The van der Waals surface area contributed by atoms with Crippen molar-refractivity contribution in [2.75, 3.05) is 0 Å². The zero-order valence-corrected chi connectivity index (χ0v) is 11.4. The van der Waals surface area contributed by atoms with Gasteiger partial charge in [-0.2, -0.15) is 13.2 Å². The third kappa shape index (κ3) is 2.95. The molecule has 0 radical (unpaired) electrons. The van der Waals surface area contributed by atoms with Gasteiger partial charge in [0, 0.05) is 5.56 Å². The first kappa shape index (κ1) is 14.0. The van der Waals surface area contributed by atoms with E-state index < -0.39 is 17.8 Å². The molecule has 0 fully saturated rings. The summed E-state index contributed by atoms with van der Waals surface area (Å²) in [5.74, 6) is -1.09. The third-order valence-corrected chi connectivity index (χ3v) is 3.99. The number of benzene rings is 1. The van der Waals surface area contributed by atoms with Crippen molar-refractivity contribution >= 4 is 33.2 Å². The van der Waals surface area contributed by atoms with Crippen LogP contribution in [-0.2, 0) is 6.18 Å². The molecule has 2 aromatic rings. The molecule has 100 valence electrons. The van der Waals surface area contributed by atoms with E-state index in [0.717, 1.165) is 11.3 Å². The van der Waals surface area contributed by atoms with E-state index in [9.17, 15) is 18.0 Å². The number of carboxylic acids is 1. The van der Waals surface area contributed by atoms with Gasteiger partial charge in [0.1, 0.15) is 8.79 Å². The molecule has 0 saturated heterocycles. The number of aromatic nitrogens is 1. The molecule has 0 unspecified atom stereocenters. The van der Waals surface area contributed by atoms with Crippen molar-refractivity contribution in [3.63, 3.8) is 0 Å². The topological polar surface area (TPSA) is 50.2 Å². The van der Waals surface area contributed by atoms with Crippen LogP contribution in [-0.4, -0.2) is 16.1 Å². The molecule has 19 heavy (non-hydrogen) atoms.